The highest BCUT2D eigenvalue weighted by Gasteiger charge is 2.37. The summed E-state index contributed by atoms with van der Waals surface area (Å²) >= 11 is 0. The molecule has 0 aromatic carbocycles. The topological polar surface area (TPSA) is 54.4 Å². The van der Waals surface area contributed by atoms with Gasteiger partial charge < -0.3 is 5.11 Å². The van der Waals surface area contributed by atoms with E-state index >= 15 is 0 Å². The summed E-state index contributed by atoms with van der Waals surface area (Å²) in [6.07, 6.45) is 6.37. The third-order valence-corrected chi connectivity index (χ3v) is 4.03. The van der Waals surface area contributed by atoms with Gasteiger partial charge in [-0.25, -0.2) is 0 Å². The number of Topliss-reactive ketones (excluding diaryl/α,β-unsaturated/α-hetero) is 2. The average molecular weight is 302 g/mol. The maximum absolute atomic E-state index is 12.8. The number of hydrogen-bond donors (Lipinski definition) is 1. The van der Waals surface area contributed by atoms with Crippen LogP contribution >= 0.6 is 0 Å². The molecule has 22 heavy (non-hydrogen) atoms. The highest BCUT2D eigenvalue weighted by Crippen LogP contribution is 2.39. The van der Waals surface area contributed by atoms with Crippen molar-refractivity contribution in [3.05, 3.63) is 46.1 Å². The number of hydrogen-bond acceptors (Lipinski definition) is 3. The van der Waals surface area contributed by atoms with E-state index in [1.807, 2.05) is 52.8 Å². The van der Waals surface area contributed by atoms with Crippen LogP contribution in [0.5, 0.6) is 0 Å². The Morgan fingerprint density at radius 1 is 1.18 bits per heavy atom. The van der Waals surface area contributed by atoms with Crippen LogP contribution in [0, 0.1) is 5.41 Å². The van der Waals surface area contributed by atoms with Gasteiger partial charge in [0.1, 0.15) is 0 Å². The molecule has 0 amide bonds. The monoisotopic (exact) mass is 302 g/mol. The molecule has 0 atom stereocenters. The fraction of sp³-hybridized carbons (Fsp3) is 0.474. The molecule has 0 aliphatic heterocycles. The number of rotatable bonds is 5. The van der Waals surface area contributed by atoms with E-state index in [1.54, 1.807) is 6.92 Å². The van der Waals surface area contributed by atoms with Crippen molar-refractivity contribution in [2.24, 2.45) is 5.41 Å². The van der Waals surface area contributed by atoms with Crippen LogP contribution in [0.4, 0.5) is 0 Å². The van der Waals surface area contributed by atoms with Crippen molar-refractivity contribution < 1.29 is 14.7 Å². The minimum atomic E-state index is -0.540. The molecule has 0 radical (unpaired) electrons. The van der Waals surface area contributed by atoms with E-state index in [-0.39, 0.29) is 23.7 Å². The van der Waals surface area contributed by atoms with E-state index in [1.165, 1.54) is 0 Å². The first-order valence-electron chi connectivity index (χ1n) is 7.67. The summed E-state index contributed by atoms with van der Waals surface area (Å²) in [4.78, 5) is 25.3. The maximum atomic E-state index is 12.8. The Morgan fingerprint density at radius 3 is 2.23 bits per heavy atom. The molecule has 1 aliphatic rings. The van der Waals surface area contributed by atoms with E-state index in [9.17, 15) is 14.7 Å². The van der Waals surface area contributed by atoms with Crippen LogP contribution < -0.4 is 0 Å². The summed E-state index contributed by atoms with van der Waals surface area (Å²) < 4.78 is 0. The van der Waals surface area contributed by atoms with Gasteiger partial charge in [0.2, 0.25) is 0 Å². The predicted octanol–water partition coefficient (Wildman–Crippen LogP) is 3.70. The van der Waals surface area contributed by atoms with Crippen molar-refractivity contribution in [1.82, 2.24) is 0 Å². The summed E-state index contributed by atoms with van der Waals surface area (Å²) in [7, 11) is 0. The van der Waals surface area contributed by atoms with Crippen LogP contribution in [0.25, 0.3) is 0 Å². The van der Waals surface area contributed by atoms with Crippen LogP contribution in [0.3, 0.4) is 0 Å². The van der Waals surface area contributed by atoms with Crippen LogP contribution in [0.1, 0.15) is 48.0 Å². The molecule has 0 unspecified atom stereocenters. The normalized spacial score (nSPS) is 18.0. The number of aliphatic hydroxyl groups excluding tert-OH is 1. The molecular formula is C19H26O3. The molecule has 120 valence electrons. The summed E-state index contributed by atoms with van der Waals surface area (Å²) in [5, 5.41) is 9.43. The number of carbonyl (C=O) groups excluding carboxylic acids is 2. The summed E-state index contributed by atoms with van der Waals surface area (Å²) in [5.74, 6) is -0.322. The zero-order valence-corrected chi connectivity index (χ0v) is 14.4. The minimum Gasteiger partial charge on any atom is -0.392 e. The van der Waals surface area contributed by atoms with Gasteiger partial charge in [-0.1, -0.05) is 44.6 Å². The Labute approximate surface area is 133 Å². The fourth-order valence-corrected chi connectivity index (χ4v) is 3.20. The maximum Gasteiger partial charge on any atom is 0.187 e. The van der Waals surface area contributed by atoms with Gasteiger partial charge in [-0.05, 0) is 27.2 Å². The molecule has 0 aromatic heterocycles. The first kappa shape index (κ1) is 18.3. The van der Waals surface area contributed by atoms with Gasteiger partial charge in [-0.15, -0.1) is 0 Å². The highest BCUT2D eigenvalue weighted by atomic mass is 16.3. The summed E-state index contributed by atoms with van der Waals surface area (Å²) in [5.41, 5.74) is 2.18. The van der Waals surface area contributed by atoms with Crippen LogP contribution in [-0.4, -0.2) is 23.3 Å². The van der Waals surface area contributed by atoms with Crippen molar-refractivity contribution in [2.75, 3.05) is 6.61 Å². The second-order valence-corrected chi connectivity index (χ2v) is 6.24. The van der Waals surface area contributed by atoms with E-state index in [4.69, 9.17) is 0 Å². The Hall–Kier alpha value is -1.74. The Kier molecular flexibility index (Phi) is 5.84. The minimum absolute atomic E-state index is 0.113. The van der Waals surface area contributed by atoms with Gasteiger partial charge in [-0.2, -0.15) is 0 Å². The van der Waals surface area contributed by atoms with E-state index < -0.39 is 5.41 Å². The third-order valence-electron chi connectivity index (χ3n) is 4.03. The van der Waals surface area contributed by atoms with Crippen molar-refractivity contribution >= 4 is 11.6 Å². The average Bonchev–Trinajstić information content (AvgIpc) is 2.41. The van der Waals surface area contributed by atoms with Gasteiger partial charge >= 0.3 is 0 Å². The lowest BCUT2D eigenvalue weighted by molar-refractivity contribution is -0.117. The summed E-state index contributed by atoms with van der Waals surface area (Å²) in [6, 6.07) is 0. The van der Waals surface area contributed by atoms with Gasteiger partial charge in [-0.3, -0.25) is 9.59 Å². The third kappa shape index (κ3) is 3.36. The predicted molar refractivity (Wildman–Crippen MR) is 89.5 cm³/mol. The fourth-order valence-electron chi connectivity index (χ4n) is 3.20. The quantitative estimate of drug-likeness (QED) is 0.622. The number of ketones is 2. The molecule has 0 saturated heterocycles. The van der Waals surface area contributed by atoms with E-state index in [2.05, 4.69) is 0 Å². The molecule has 3 heteroatoms. The lowest BCUT2D eigenvalue weighted by Crippen LogP contribution is -2.31. The molecule has 0 spiro atoms. The van der Waals surface area contributed by atoms with Crippen molar-refractivity contribution in [3.63, 3.8) is 0 Å². The molecule has 1 N–H and O–H groups in total. The SMILES string of the molecule is C/C=C\C(C)=C\C(C)(C)C1=C(C)C(=O)C(CO)=C(CC)C1=O. The zero-order chi connectivity index (χ0) is 17.1. The highest BCUT2D eigenvalue weighted by molar-refractivity contribution is 6.25. The molecular weight excluding hydrogens is 276 g/mol. The molecule has 3 nitrogen and oxygen atoms in total. The molecule has 0 heterocycles. The number of carbonyl (C=O) groups is 2. The zero-order valence-electron chi connectivity index (χ0n) is 14.4. The van der Waals surface area contributed by atoms with E-state index in [0.29, 0.717) is 23.1 Å². The Balaban J connectivity index is 3.47. The molecule has 1 rings (SSSR count). The van der Waals surface area contributed by atoms with Crippen molar-refractivity contribution in [2.45, 2.75) is 48.0 Å². The van der Waals surface area contributed by atoms with E-state index in [0.717, 1.165) is 5.57 Å². The Bertz CT molecular complexity index is 611. The standard InChI is InChI=1S/C19H26O3/c1-7-9-12(3)10-19(5,6)16-13(4)17(21)15(11-20)14(8-2)18(16)22/h7,9-10,20H,8,11H2,1-6H3/b9-7-,12-10+. The first-order chi connectivity index (χ1) is 10.2. The second kappa shape index (κ2) is 7.01. The molecule has 0 bridgehead atoms. The number of allylic oxidation sites excluding steroid dienone is 7. The van der Waals surface area contributed by atoms with Gasteiger partial charge in [0.15, 0.2) is 11.6 Å². The van der Waals surface area contributed by atoms with Crippen LogP contribution in [-0.2, 0) is 9.59 Å². The molecule has 1 aliphatic carbocycles. The van der Waals surface area contributed by atoms with Crippen LogP contribution in [0.2, 0.25) is 0 Å². The van der Waals surface area contributed by atoms with Gasteiger partial charge in [0.25, 0.3) is 0 Å². The second-order valence-electron chi connectivity index (χ2n) is 6.24. The largest absolute Gasteiger partial charge is 0.392 e. The van der Waals surface area contributed by atoms with Crippen LogP contribution in [0.15, 0.2) is 46.1 Å². The van der Waals surface area contributed by atoms with Gasteiger partial charge in [0, 0.05) is 27.7 Å². The van der Waals surface area contributed by atoms with Crippen molar-refractivity contribution in [3.8, 4) is 0 Å². The lowest BCUT2D eigenvalue weighted by atomic mass is 9.71. The van der Waals surface area contributed by atoms with Crippen molar-refractivity contribution in [1.29, 1.82) is 0 Å². The first-order valence-corrected chi connectivity index (χ1v) is 7.67. The summed E-state index contributed by atoms with van der Waals surface area (Å²) in [6.45, 7) is 10.9. The lowest BCUT2D eigenvalue weighted by Gasteiger charge is -2.30. The molecule has 0 aromatic rings. The molecule has 0 saturated carbocycles. The molecule has 0 fully saturated rings. The number of aliphatic hydroxyl groups is 1. The smallest absolute Gasteiger partial charge is 0.187 e. The van der Waals surface area contributed by atoms with Gasteiger partial charge in [0.05, 0.1) is 6.61 Å². The Morgan fingerprint density at radius 2 is 1.77 bits per heavy atom.